The Bertz CT molecular complexity index is 588. The second-order valence-electron chi connectivity index (χ2n) is 4.40. The zero-order chi connectivity index (χ0) is 13.4. The van der Waals surface area contributed by atoms with E-state index in [0.717, 1.165) is 31.6 Å². The average Bonchev–Trinajstić information content (AvgIpc) is 2.57. The molecule has 18 heavy (non-hydrogen) atoms. The third kappa shape index (κ3) is 2.39. The fraction of sp³-hybridized carbons (Fsp3) is 0.308. The van der Waals surface area contributed by atoms with E-state index in [9.17, 15) is 0 Å². The molecular weight excluding hydrogens is 358 g/mol. The molecule has 0 spiro atoms. The van der Waals surface area contributed by atoms with Gasteiger partial charge in [0.2, 0.25) is 0 Å². The van der Waals surface area contributed by atoms with Gasteiger partial charge in [0.25, 0.3) is 0 Å². The van der Waals surface area contributed by atoms with Crippen LogP contribution >= 0.6 is 31.9 Å². The fourth-order valence-corrected chi connectivity index (χ4v) is 2.65. The third-order valence-electron chi connectivity index (χ3n) is 2.93. The Balaban J connectivity index is 2.54. The van der Waals surface area contributed by atoms with E-state index < -0.39 is 0 Å². The van der Waals surface area contributed by atoms with E-state index in [1.807, 2.05) is 43.7 Å². The molecule has 0 amide bonds. The van der Waals surface area contributed by atoms with Gasteiger partial charge in [0.1, 0.15) is 0 Å². The van der Waals surface area contributed by atoms with Gasteiger partial charge in [-0.15, -0.1) is 0 Å². The Morgan fingerprint density at radius 2 is 1.94 bits per heavy atom. The van der Waals surface area contributed by atoms with Crippen LogP contribution in [0.25, 0.3) is 5.69 Å². The second-order valence-corrected chi connectivity index (χ2v) is 6.04. The van der Waals surface area contributed by atoms with E-state index in [4.69, 9.17) is 5.73 Å². The highest BCUT2D eigenvalue weighted by atomic mass is 79.9. The van der Waals surface area contributed by atoms with Gasteiger partial charge in [-0.05, 0) is 70.3 Å². The maximum absolute atomic E-state index is 5.88. The van der Waals surface area contributed by atoms with E-state index >= 15 is 0 Å². The number of aromatic nitrogens is 2. The Labute approximate surface area is 124 Å². The van der Waals surface area contributed by atoms with Crippen LogP contribution in [0.4, 0.5) is 0 Å². The van der Waals surface area contributed by atoms with Gasteiger partial charge in [0, 0.05) is 10.5 Å². The maximum Gasteiger partial charge on any atom is 0.0791 e. The Hall–Kier alpha value is -0.650. The molecule has 0 bridgehead atoms. The van der Waals surface area contributed by atoms with Crippen LogP contribution in [0.2, 0.25) is 0 Å². The number of nitrogens with zero attached hydrogens (tertiary/aromatic N) is 2. The Morgan fingerprint density at radius 1 is 1.28 bits per heavy atom. The first kappa shape index (κ1) is 13.8. The van der Waals surface area contributed by atoms with Crippen LogP contribution in [0.15, 0.2) is 27.1 Å². The summed E-state index contributed by atoms with van der Waals surface area (Å²) in [5, 5.41) is 4.52. The molecule has 0 aliphatic heterocycles. The zero-order valence-corrected chi connectivity index (χ0v) is 13.7. The highest BCUT2D eigenvalue weighted by Crippen LogP contribution is 2.28. The minimum Gasteiger partial charge on any atom is -0.324 e. The highest BCUT2D eigenvalue weighted by molar-refractivity contribution is 9.11. The number of hydrogen-bond donors (Lipinski definition) is 1. The molecule has 0 saturated carbocycles. The van der Waals surface area contributed by atoms with Gasteiger partial charge >= 0.3 is 0 Å². The van der Waals surface area contributed by atoms with E-state index in [2.05, 4.69) is 37.0 Å². The highest BCUT2D eigenvalue weighted by Gasteiger charge is 2.13. The lowest BCUT2D eigenvalue weighted by molar-refractivity contribution is 0.805. The van der Waals surface area contributed by atoms with Gasteiger partial charge in [-0.2, -0.15) is 5.10 Å². The fourth-order valence-electron chi connectivity index (χ4n) is 1.84. The van der Waals surface area contributed by atoms with Crippen LogP contribution in [-0.4, -0.2) is 9.78 Å². The van der Waals surface area contributed by atoms with Gasteiger partial charge in [0.05, 0.1) is 21.5 Å². The van der Waals surface area contributed by atoms with Crippen molar-refractivity contribution < 1.29 is 0 Å². The zero-order valence-electron chi connectivity index (χ0n) is 10.5. The summed E-state index contributed by atoms with van der Waals surface area (Å²) in [6.07, 6.45) is 0. The van der Waals surface area contributed by atoms with Crippen LogP contribution in [0, 0.1) is 13.8 Å². The first-order valence-corrected chi connectivity index (χ1v) is 7.27. The van der Waals surface area contributed by atoms with Crippen LogP contribution in [0.1, 0.15) is 29.9 Å². The van der Waals surface area contributed by atoms with Gasteiger partial charge in [-0.1, -0.05) is 6.07 Å². The average molecular weight is 373 g/mol. The first-order valence-electron chi connectivity index (χ1n) is 5.69. The van der Waals surface area contributed by atoms with Crippen molar-refractivity contribution in [3.63, 3.8) is 0 Å². The van der Waals surface area contributed by atoms with Crippen molar-refractivity contribution in [2.24, 2.45) is 5.73 Å². The molecule has 1 aromatic carbocycles. The van der Waals surface area contributed by atoms with E-state index in [0.29, 0.717) is 0 Å². The lowest BCUT2D eigenvalue weighted by atomic mass is 10.1. The van der Waals surface area contributed by atoms with Crippen LogP contribution in [0.5, 0.6) is 0 Å². The molecule has 5 heteroatoms. The van der Waals surface area contributed by atoms with Gasteiger partial charge in [-0.25, -0.2) is 4.68 Å². The summed E-state index contributed by atoms with van der Waals surface area (Å²) in [4.78, 5) is 0. The lowest BCUT2D eigenvalue weighted by Crippen LogP contribution is -2.06. The SMILES string of the molecule is Cc1nn(-c2ccc(C(C)N)cc2Br)c(C)c1Br. The van der Waals surface area contributed by atoms with E-state index in [-0.39, 0.29) is 6.04 Å². The molecule has 0 radical (unpaired) electrons. The topological polar surface area (TPSA) is 43.8 Å². The predicted octanol–water partition coefficient (Wildman–Crippen LogP) is 4.03. The number of hydrogen-bond acceptors (Lipinski definition) is 2. The summed E-state index contributed by atoms with van der Waals surface area (Å²) < 4.78 is 3.97. The van der Waals surface area contributed by atoms with Crippen molar-refractivity contribution in [2.75, 3.05) is 0 Å². The van der Waals surface area contributed by atoms with E-state index in [1.165, 1.54) is 0 Å². The number of rotatable bonds is 2. The third-order valence-corrected chi connectivity index (χ3v) is 4.71. The molecule has 2 aromatic rings. The largest absolute Gasteiger partial charge is 0.324 e. The lowest BCUT2D eigenvalue weighted by Gasteiger charge is -2.11. The van der Waals surface area contributed by atoms with E-state index in [1.54, 1.807) is 0 Å². The molecule has 1 aromatic heterocycles. The quantitative estimate of drug-likeness (QED) is 0.864. The molecule has 1 unspecified atom stereocenters. The molecule has 2 N–H and O–H groups in total. The summed E-state index contributed by atoms with van der Waals surface area (Å²) in [7, 11) is 0. The summed E-state index contributed by atoms with van der Waals surface area (Å²) in [6, 6.07) is 6.15. The van der Waals surface area contributed by atoms with Gasteiger partial charge < -0.3 is 5.73 Å². The van der Waals surface area contributed by atoms with Gasteiger partial charge in [-0.3, -0.25) is 0 Å². The molecule has 3 nitrogen and oxygen atoms in total. The molecule has 96 valence electrons. The minimum atomic E-state index is 0.0301. The normalized spacial score (nSPS) is 12.8. The molecule has 0 fully saturated rings. The van der Waals surface area contributed by atoms with Crippen LogP contribution in [0.3, 0.4) is 0 Å². The summed E-state index contributed by atoms with van der Waals surface area (Å²) >= 11 is 7.13. The predicted molar refractivity (Wildman–Crippen MR) is 81.0 cm³/mol. The van der Waals surface area contributed by atoms with Crippen molar-refractivity contribution in [2.45, 2.75) is 26.8 Å². The Kier molecular flexibility index (Phi) is 3.94. The standard InChI is InChI=1S/C13H15Br2N3/c1-7(16)10-4-5-12(11(14)6-10)18-9(3)13(15)8(2)17-18/h4-7H,16H2,1-3H3. The van der Waals surface area contributed by atoms with Crippen molar-refractivity contribution in [1.82, 2.24) is 9.78 Å². The summed E-state index contributed by atoms with van der Waals surface area (Å²) in [6.45, 7) is 6.00. The van der Waals surface area contributed by atoms with Crippen molar-refractivity contribution >= 4 is 31.9 Å². The molecule has 0 saturated heterocycles. The number of aryl methyl sites for hydroxylation is 1. The van der Waals surface area contributed by atoms with Crippen molar-refractivity contribution in [1.29, 1.82) is 0 Å². The Morgan fingerprint density at radius 3 is 2.39 bits per heavy atom. The van der Waals surface area contributed by atoms with Crippen LogP contribution in [-0.2, 0) is 0 Å². The van der Waals surface area contributed by atoms with Crippen LogP contribution < -0.4 is 5.73 Å². The number of halogens is 2. The summed E-state index contributed by atoms with van der Waals surface area (Å²) in [5.41, 5.74) is 10.1. The first-order chi connectivity index (χ1) is 8.41. The molecule has 0 aliphatic carbocycles. The number of benzene rings is 1. The molecule has 0 aliphatic rings. The van der Waals surface area contributed by atoms with Crippen molar-refractivity contribution in [3.05, 3.63) is 44.1 Å². The summed E-state index contributed by atoms with van der Waals surface area (Å²) in [5.74, 6) is 0. The molecular formula is C13H15Br2N3. The molecule has 1 heterocycles. The maximum atomic E-state index is 5.88. The monoisotopic (exact) mass is 371 g/mol. The molecule has 1 atom stereocenters. The number of nitrogens with two attached hydrogens (primary N) is 1. The minimum absolute atomic E-state index is 0.0301. The van der Waals surface area contributed by atoms with Crippen molar-refractivity contribution in [3.8, 4) is 5.69 Å². The molecule has 2 rings (SSSR count). The second kappa shape index (κ2) is 5.15. The smallest absolute Gasteiger partial charge is 0.0791 e. The van der Waals surface area contributed by atoms with Gasteiger partial charge in [0.15, 0.2) is 0 Å².